The highest BCUT2D eigenvalue weighted by Gasteiger charge is 2.16. The summed E-state index contributed by atoms with van der Waals surface area (Å²) < 4.78 is 1.77. The average Bonchev–Trinajstić information content (AvgIpc) is 2.88. The van der Waals surface area contributed by atoms with Crippen LogP contribution in [0.4, 0.5) is 0 Å². The third kappa shape index (κ3) is 3.93. The molecule has 1 atom stereocenters. The van der Waals surface area contributed by atoms with Gasteiger partial charge in [0.25, 0.3) is 0 Å². The van der Waals surface area contributed by atoms with Gasteiger partial charge < -0.3 is 5.11 Å². The molecule has 19 heavy (non-hydrogen) atoms. The van der Waals surface area contributed by atoms with Gasteiger partial charge in [-0.25, -0.2) is 4.98 Å². The van der Waals surface area contributed by atoms with Crippen LogP contribution in [0.1, 0.15) is 24.3 Å². The first-order chi connectivity index (χ1) is 9.20. The van der Waals surface area contributed by atoms with Crippen LogP contribution < -0.4 is 0 Å². The van der Waals surface area contributed by atoms with Crippen molar-refractivity contribution in [1.82, 2.24) is 14.8 Å². The van der Waals surface area contributed by atoms with Crippen LogP contribution in [-0.2, 0) is 6.54 Å². The Bertz CT molecular complexity index is 517. The van der Waals surface area contributed by atoms with E-state index in [2.05, 4.69) is 10.1 Å². The van der Waals surface area contributed by atoms with Crippen molar-refractivity contribution in [3.63, 3.8) is 0 Å². The van der Waals surface area contributed by atoms with Crippen molar-refractivity contribution < 1.29 is 5.11 Å². The fourth-order valence-corrected chi connectivity index (χ4v) is 2.63. The van der Waals surface area contributed by atoms with E-state index >= 15 is 0 Å². The lowest BCUT2D eigenvalue weighted by atomic mass is 9.94. The molecule has 4 nitrogen and oxygen atoms in total. The van der Waals surface area contributed by atoms with Crippen LogP contribution in [0.15, 0.2) is 30.9 Å². The third-order valence-corrected chi connectivity index (χ3v) is 3.55. The maximum Gasteiger partial charge on any atom is 0.137 e. The molecule has 1 unspecified atom stereocenters. The van der Waals surface area contributed by atoms with Crippen molar-refractivity contribution in [2.45, 2.75) is 25.3 Å². The summed E-state index contributed by atoms with van der Waals surface area (Å²) in [5, 5.41) is 14.4. The van der Waals surface area contributed by atoms with Crippen LogP contribution in [0.3, 0.4) is 0 Å². The van der Waals surface area contributed by atoms with Gasteiger partial charge in [0.15, 0.2) is 0 Å². The second-order valence-electron chi connectivity index (χ2n) is 4.35. The van der Waals surface area contributed by atoms with Gasteiger partial charge in [-0.2, -0.15) is 5.10 Å². The van der Waals surface area contributed by atoms with Gasteiger partial charge in [-0.05, 0) is 30.5 Å². The van der Waals surface area contributed by atoms with E-state index in [9.17, 15) is 0 Å². The van der Waals surface area contributed by atoms with Gasteiger partial charge in [0.05, 0.1) is 0 Å². The van der Waals surface area contributed by atoms with E-state index in [4.69, 9.17) is 28.3 Å². The zero-order valence-electron chi connectivity index (χ0n) is 10.3. The number of aliphatic hydroxyl groups excluding tert-OH is 1. The number of aliphatic hydroxyl groups is 1. The number of hydrogen-bond acceptors (Lipinski definition) is 3. The molecule has 1 aromatic heterocycles. The molecule has 0 aliphatic carbocycles. The van der Waals surface area contributed by atoms with Gasteiger partial charge in [-0.3, -0.25) is 4.68 Å². The monoisotopic (exact) mass is 299 g/mol. The number of benzene rings is 1. The van der Waals surface area contributed by atoms with E-state index < -0.39 is 0 Å². The Kier molecular flexibility index (Phi) is 5.19. The van der Waals surface area contributed by atoms with Crippen molar-refractivity contribution in [2.75, 3.05) is 6.61 Å². The molecule has 0 bridgehead atoms. The molecule has 1 heterocycles. The molecule has 0 spiro atoms. The first-order valence-electron chi connectivity index (χ1n) is 6.09. The molecule has 1 aromatic carbocycles. The van der Waals surface area contributed by atoms with Gasteiger partial charge in [0.1, 0.15) is 12.7 Å². The van der Waals surface area contributed by atoms with E-state index in [0.717, 1.165) is 18.4 Å². The zero-order valence-corrected chi connectivity index (χ0v) is 11.8. The van der Waals surface area contributed by atoms with Crippen molar-refractivity contribution in [1.29, 1.82) is 0 Å². The Morgan fingerprint density at radius 1 is 1.32 bits per heavy atom. The quantitative estimate of drug-likeness (QED) is 0.891. The Morgan fingerprint density at radius 2 is 2.16 bits per heavy atom. The molecule has 0 aliphatic heterocycles. The van der Waals surface area contributed by atoms with E-state index in [-0.39, 0.29) is 12.5 Å². The number of aromatic nitrogens is 3. The Hall–Kier alpha value is -1.10. The summed E-state index contributed by atoms with van der Waals surface area (Å²) >= 11 is 12.2. The normalized spacial score (nSPS) is 12.6. The van der Waals surface area contributed by atoms with Gasteiger partial charge >= 0.3 is 0 Å². The van der Waals surface area contributed by atoms with Crippen molar-refractivity contribution >= 4 is 23.2 Å². The SMILES string of the molecule is OCCCC(Cn1cncn1)c1ccc(Cl)cc1Cl. The lowest BCUT2D eigenvalue weighted by Crippen LogP contribution is -2.11. The molecule has 0 fully saturated rings. The number of hydrogen-bond donors (Lipinski definition) is 1. The highest BCUT2D eigenvalue weighted by molar-refractivity contribution is 6.35. The van der Waals surface area contributed by atoms with Crippen LogP contribution in [0, 0.1) is 0 Å². The summed E-state index contributed by atoms with van der Waals surface area (Å²) in [6, 6.07) is 5.51. The maximum absolute atomic E-state index is 9.01. The zero-order chi connectivity index (χ0) is 13.7. The van der Waals surface area contributed by atoms with Crippen LogP contribution in [0.25, 0.3) is 0 Å². The van der Waals surface area contributed by atoms with Crippen molar-refractivity contribution in [2.24, 2.45) is 0 Å². The van der Waals surface area contributed by atoms with E-state index in [1.54, 1.807) is 17.1 Å². The molecular formula is C13H15Cl2N3O. The van der Waals surface area contributed by atoms with Crippen LogP contribution in [0.5, 0.6) is 0 Å². The Labute approximate surface area is 122 Å². The van der Waals surface area contributed by atoms with Crippen LogP contribution >= 0.6 is 23.2 Å². The van der Waals surface area contributed by atoms with E-state index in [1.807, 2.05) is 12.1 Å². The number of rotatable bonds is 6. The highest BCUT2D eigenvalue weighted by Crippen LogP contribution is 2.31. The molecule has 0 saturated heterocycles. The van der Waals surface area contributed by atoms with Gasteiger partial charge in [0.2, 0.25) is 0 Å². The Morgan fingerprint density at radius 3 is 2.79 bits per heavy atom. The number of nitrogens with zero attached hydrogens (tertiary/aromatic N) is 3. The minimum atomic E-state index is 0.166. The average molecular weight is 300 g/mol. The second kappa shape index (κ2) is 6.89. The predicted molar refractivity (Wildman–Crippen MR) is 75.5 cm³/mol. The molecule has 0 amide bonds. The standard InChI is InChI=1S/C13H15Cl2N3O/c14-11-3-4-12(13(15)6-11)10(2-1-5-19)7-18-9-16-8-17-18/h3-4,6,8-10,19H,1-2,5,7H2. The molecular weight excluding hydrogens is 285 g/mol. The fourth-order valence-electron chi connectivity index (χ4n) is 2.07. The molecule has 6 heteroatoms. The van der Waals surface area contributed by atoms with Gasteiger partial charge in [-0.15, -0.1) is 0 Å². The molecule has 0 aliphatic rings. The van der Waals surface area contributed by atoms with Crippen LogP contribution in [-0.4, -0.2) is 26.5 Å². The smallest absolute Gasteiger partial charge is 0.137 e. The molecule has 102 valence electrons. The maximum atomic E-state index is 9.01. The third-order valence-electron chi connectivity index (χ3n) is 2.99. The molecule has 0 radical (unpaired) electrons. The van der Waals surface area contributed by atoms with Crippen molar-refractivity contribution in [3.8, 4) is 0 Å². The largest absolute Gasteiger partial charge is 0.396 e. The van der Waals surface area contributed by atoms with E-state index in [1.165, 1.54) is 6.33 Å². The van der Waals surface area contributed by atoms with E-state index in [0.29, 0.717) is 16.6 Å². The molecule has 2 rings (SSSR count). The lowest BCUT2D eigenvalue weighted by Gasteiger charge is -2.18. The minimum Gasteiger partial charge on any atom is -0.396 e. The summed E-state index contributed by atoms with van der Waals surface area (Å²) in [7, 11) is 0. The highest BCUT2D eigenvalue weighted by atomic mass is 35.5. The van der Waals surface area contributed by atoms with Gasteiger partial charge in [-0.1, -0.05) is 29.3 Å². The summed E-state index contributed by atoms with van der Waals surface area (Å²) in [5.74, 6) is 0.179. The van der Waals surface area contributed by atoms with Crippen LogP contribution in [0.2, 0.25) is 10.0 Å². The Balaban J connectivity index is 2.20. The van der Waals surface area contributed by atoms with Crippen molar-refractivity contribution in [3.05, 3.63) is 46.5 Å². The summed E-state index contributed by atoms with van der Waals surface area (Å²) in [5.41, 5.74) is 1.02. The topological polar surface area (TPSA) is 50.9 Å². The first-order valence-corrected chi connectivity index (χ1v) is 6.84. The predicted octanol–water partition coefficient (Wildman–Crippen LogP) is 3.14. The molecule has 0 saturated carbocycles. The first kappa shape index (κ1) is 14.3. The summed E-state index contributed by atoms with van der Waals surface area (Å²) in [6.45, 7) is 0.848. The molecule has 1 N–H and O–H groups in total. The number of halogens is 2. The lowest BCUT2D eigenvalue weighted by molar-refractivity contribution is 0.276. The summed E-state index contributed by atoms with van der Waals surface area (Å²) in [4.78, 5) is 3.93. The minimum absolute atomic E-state index is 0.166. The fraction of sp³-hybridized carbons (Fsp3) is 0.385. The van der Waals surface area contributed by atoms with Gasteiger partial charge in [0, 0.05) is 29.1 Å². The molecule has 2 aromatic rings. The summed E-state index contributed by atoms with van der Waals surface area (Å²) in [6.07, 6.45) is 4.73. The second-order valence-corrected chi connectivity index (χ2v) is 5.19.